The molecule has 0 unspecified atom stereocenters. The van der Waals surface area contributed by atoms with E-state index < -0.39 is 0 Å². The van der Waals surface area contributed by atoms with Crippen molar-refractivity contribution in [1.82, 2.24) is 0 Å². The highest BCUT2D eigenvalue weighted by Crippen LogP contribution is 2.24. The Morgan fingerprint density at radius 1 is 1.29 bits per heavy atom. The molecule has 0 aliphatic carbocycles. The fraction of sp³-hybridized carbons (Fsp3) is 0.133. The molecule has 1 aromatic carbocycles. The first-order valence-corrected chi connectivity index (χ1v) is 7.63. The number of halogens is 2. The molecule has 0 fully saturated rings. The number of hydrogen-bond donors (Lipinski definition) is 2. The third-order valence-corrected chi connectivity index (χ3v) is 3.95. The lowest BCUT2D eigenvalue weighted by molar-refractivity contribution is 0.103. The quantitative estimate of drug-likeness (QED) is 0.829. The van der Waals surface area contributed by atoms with Gasteiger partial charge in [0.15, 0.2) is 0 Å². The molecule has 21 heavy (non-hydrogen) atoms. The van der Waals surface area contributed by atoms with Crippen molar-refractivity contribution in [3.05, 3.63) is 50.1 Å². The van der Waals surface area contributed by atoms with Gasteiger partial charge in [-0.2, -0.15) is 0 Å². The first kappa shape index (κ1) is 15.9. The predicted octanol–water partition coefficient (Wildman–Crippen LogP) is 4.04. The normalized spacial score (nSPS) is 9.86. The van der Waals surface area contributed by atoms with E-state index in [1.165, 1.54) is 11.3 Å². The molecule has 0 atom stereocenters. The van der Waals surface area contributed by atoms with Crippen LogP contribution in [0.15, 0.2) is 30.3 Å². The average Bonchev–Trinajstić information content (AvgIpc) is 2.88. The molecular weight excluding hydrogens is 329 g/mol. The molecule has 1 aromatic heterocycles. The van der Waals surface area contributed by atoms with Crippen molar-refractivity contribution >= 4 is 46.1 Å². The third kappa shape index (κ3) is 4.48. The van der Waals surface area contributed by atoms with Crippen molar-refractivity contribution < 1.29 is 9.90 Å². The SMILES string of the molecule is O=C(Nc1ccc(Cl)cc1C#CCCO)c1ccc(Cl)s1. The van der Waals surface area contributed by atoms with E-state index in [-0.39, 0.29) is 12.5 Å². The Morgan fingerprint density at radius 3 is 2.76 bits per heavy atom. The zero-order valence-corrected chi connectivity index (χ0v) is 13.1. The van der Waals surface area contributed by atoms with Crippen LogP contribution in [0.4, 0.5) is 5.69 Å². The van der Waals surface area contributed by atoms with Crippen LogP contribution in [0.2, 0.25) is 9.36 Å². The standard InChI is InChI=1S/C15H11Cl2NO2S/c16-11-4-5-12(10(9-11)3-1-2-8-19)18-15(20)13-6-7-14(17)21-13/h4-7,9,19H,2,8H2,(H,18,20). The summed E-state index contributed by atoms with van der Waals surface area (Å²) in [6.07, 6.45) is 0.362. The molecule has 0 radical (unpaired) electrons. The molecule has 0 aliphatic rings. The summed E-state index contributed by atoms with van der Waals surface area (Å²) in [4.78, 5) is 12.6. The Bertz CT molecular complexity index is 716. The van der Waals surface area contributed by atoms with Crippen LogP contribution in [-0.2, 0) is 0 Å². The summed E-state index contributed by atoms with van der Waals surface area (Å²) in [5, 5.41) is 12.1. The minimum atomic E-state index is -0.251. The number of benzene rings is 1. The maximum absolute atomic E-state index is 12.1. The van der Waals surface area contributed by atoms with E-state index in [9.17, 15) is 4.79 Å². The molecule has 6 heteroatoms. The van der Waals surface area contributed by atoms with Crippen LogP contribution in [0, 0.1) is 11.8 Å². The van der Waals surface area contributed by atoms with Gasteiger partial charge < -0.3 is 10.4 Å². The number of thiophene rings is 1. The molecule has 2 N–H and O–H groups in total. The molecular formula is C15H11Cl2NO2S. The fourth-order valence-corrected chi connectivity index (χ4v) is 2.67. The lowest BCUT2D eigenvalue weighted by atomic mass is 10.1. The van der Waals surface area contributed by atoms with E-state index in [1.807, 2.05) is 0 Å². The molecule has 0 spiro atoms. The summed E-state index contributed by atoms with van der Waals surface area (Å²) < 4.78 is 0.555. The molecule has 3 nitrogen and oxygen atoms in total. The molecule has 2 rings (SSSR count). The molecule has 0 saturated carbocycles. The topological polar surface area (TPSA) is 49.3 Å². The summed E-state index contributed by atoms with van der Waals surface area (Å²) in [7, 11) is 0. The largest absolute Gasteiger partial charge is 0.395 e. The summed E-state index contributed by atoms with van der Waals surface area (Å²) in [5.41, 5.74) is 1.17. The van der Waals surface area contributed by atoms with Crippen LogP contribution in [0.5, 0.6) is 0 Å². The summed E-state index contributed by atoms with van der Waals surface area (Å²) in [6.45, 7) is -0.0110. The second-order valence-corrected chi connectivity index (χ2v) is 6.17. The minimum absolute atomic E-state index is 0.0110. The predicted molar refractivity (Wildman–Crippen MR) is 87.3 cm³/mol. The summed E-state index contributed by atoms with van der Waals surface area (Å²) >= 11 is 13.0. The number of nitrogens with one attached hydrogen (secondary N) is 1. The minimum Gasteiger partial charge on any atom is -0.395 e. The van der Waals surface area contributed by atoms with Gasteiger partial charge in [0.1, 0.15) is 0 Å². The van der Waals surface area contributed by atoms with Crippen LogP contribution >= 0.6 is 34.5 Å². The highest BCUT2D eigenvalue weighted by Gasteiger charge is 2.11. The van der Waals surface area contributed by atoms with Gasteiger partial charge in [-0.1, -0.05) is 35.0 Å². The van der Waals surface area contributed by atoms with Crippen LogP contribution in [0.1, 0.15) is 21.7 Å². The van der Waals surface area contributed by atoms with Crippen LogP contribution in [-0.4, -0.2) is 17.6 Å². The van der Waals surface area contributed by atoms with E-state index >= 15 is 0 Å². The number of aliphatic hydroxyl groups excluding tert-OH is 1. The van der Waals surface area contributed by atoms with Crippen LogP contribution in [0.25, 0.3) is 0 Å². The average molecular weight is 340 g/mol. The van der Waals surface area contributed by atoms with Gasteiger partial charge in [0, 0.05) is 17.0 Å². The van der Waals surface area contributed by atoms with Gasteiger partial charge in [-0.3, -0.25) is 4.79 Å². The van der Waals surface area contributed by atoms with Crippen molar-refractivity contribution in [3.8, 4) is 11.8 Å². The molecule has 108 valence electrons. The molecule has 1 amide bonds. The molecule has 2 aromatic rings. The third-order valence-electron chi connectivity index (χ3n) is 2.49. The Balaban J connectivity index is 2.23. The maximum Gasteiger partial charge on any atom is 0.265 e. The first-order chi connectivity index (χ1) is 10.1. The number of anilines is 1. The second kappa shape index (κ2) is 7.48. The first-order valence-electron chi connectivity index (χ1n) is 6.06. The summed E-state index contributed by atoms with van der Waals surface area (Å²) in [5.74, 6) is 5.44. The monoisotopic (exact) mass is 339 g/mol. The number of hydrogen-bond acceptors (Lipinski definition) is 3. The van der Waals surface area contributed by atoms with Gasteiger partial charge in [0.05, 0.1) is 21.5 Å². The molecule has 0 saturated heterocycles. The lowest BCUT2D eigenvalue weighted by Crippen LogP contribution is -2.11. The van der Waals surface area contributed by atoms with Crippen LogP contribution in [0.3, 0.4) is 0 Å². The van der Waals surface area contributed by atoms with Crippen molar-refractivity contribution in [3.63, 3.8) is 0 Å². The number of amides is 1. The van der Waals surface area contributed by atoms with Gasteiger partial charge >= 0.3 is 0 Å². The van der Waals surface area contributed by atoms with Crippen LogP contribution < -0.4 is 5.32 Å². The molecule has 1 heterocycles. The smallest absolute Gasteiger partial charge is 0.265 e. The highest BCUT2D eigenvalue weighted by atomic mass is 35.5. The van der Waals surface area contributed by atoms with E-state index in [2.05, 4.69) is 17.2 Å². The second-order valence-electron chi connectivity index (χ2n) is 4.02. The number of carbonyl (C=O) groups excluding carboxylic acids is 1. The Hall–Kier alpha value is -1.51. The van der Waals surface area contributed by atoms with Gasteiger partial charge in [0.25, 0.3) is 5.91 Å². The van der Waals surface area contributed by atoms with E-state index in [0.717, 1.165) is 0 Å². The summed E-state index contributed by atoms with van der Waals surface area (Å²) in [6, 6.07) is 8.37. The maximum atomic E-state index is 12.1. The molecule has 0 aliphatic heterocycles. The van der Waals surface area contributed by atoms with Gasteiger partial charge in [-0.15, -0.1) is 11.3 Å². The number of aliphatic hydroxyl groups is 1. The van der Waals surface area contributed by atoms with Crippen molar-refractivity contribution in [2.45, 2.75) is 6.42 Å². The fourth-order valence-electron chi connectivity index (χ4n) is 1.56. The molecule has 0 bridgehead atoms. The Kier molecular flexibility index (Phi) is 5.66. The van der Waals surface area contributed by atoms with Crippen molar-refractivity contribution in [1.29, 1.82) is 0 Å². The zero-order valence-electron chi connectivity index (χ0n) is 10.8. The van der Waals surface area contributed by atoms with Gasteiger partial charge in [0.2, 0.25) is 0 Å². The van der Waals surface area contributed by atoms with Crippen molar-refractivity contribution in [2.75, 3.05) is 11.9 Å². The van der Waals surface area contributed by atoms with Gasteiger partial charge in [-0.25, -0.2) is 0 Å². The lowest BCUT2D eigenvalue weighted by Gasteiger charge is -2.07. The van der Waals surface area contributed by atoms with Gasteiger partial charge in [-0.05, 0) is 30.3 Å². The zero-order chi connectivity index (χ0) is 15.2. The van der Waals surface area contributed by atoms with E-state index in [0.29, 0.717) is 31.9 Å². The van der Waals surface area contributed by atoms with Crippen molar-refractivity contribution in [2.24, 2.45) is 0 Å². The highest BCUT2D eigenvalue weighted by molar-refractivity contribution is 7.18. The Morgan fingerprint density at radius 2 is 2.10 bits per heavy atom. The Labute approximate surface area is 136 Å². The number of rotatable bonds is 3. The van der Waals surface area contributed by atoms with E-state index in [4.69, 9.17) is 28.3 Å². The number of carbonyl (C=O) groups is 1. The van der Waals surface area contributed by atoms with E-state index in [1.54, 1.807) is 30.3 Å².